The largest absolute Gasteiger partial charge is 0.464 e. The van der Waals surface area contributed by atoms with Crippen molar-refractivity contribution in [1.82, 2.24) is 9.21 Å². The maximum atomic E-state index is 12.8. The Bertz CT molecular complexity index is 1280. The van der Waals surface area contributed by atoms with Crippen molar-refractivity contribution in [2.24, 2.45) is 0 Å². The molecule has 33 heavy (non-hydrogen) atoms. The molecule has 0 radical (unpaired) electrons. The predicted octanol–water partition coefficient (Wildman–Crippen LogP) is 3.01. The van der Waals surface area contributed by atoms with Crippen LogP contribution in [0, 0.1) is 6.92 Å². The fraction of sp³-hybridized carbons (Fsp3) is 0.304. The summed E-state index contributed by atoms with van der Waals surface area (Å²) in [5, 5.41) is 1.29. The second kappa shape index (κ2) is 9.54. The lowest BCUT2D eigenvalue weighted by Gasteiger charge is -2.33. The van der Waals surface area contributed by atoms with E-state index in [-0.39, 0.29) is 43.4 Å². The number of hydrogen-bond donors (Lipinski definition) is 0. The van der Waals surface area contributed by atoms with Crippen LogP contribution >= 0.6 is 11.6 Å². The molecular formula is C23H23ClN2O6S. The van der Waals surface area contributed by atoms with Crippen molar-refractivity contribution in [3.8, 4) is 0 Å². The van der Waals surface area contributed by atoms with E-state index in [1.807, 2.05) is 25.1 Å². The van der Waals surface area contributed by atoms with Gasteiger partial charge in [0.15, 0.2) is 6.61 Å². The number of carbonyl (C=O) groups is 2. The molecule has 3 aromatic rings. The molecule has 0 aliphatic carbocycles. The number of furan rings is 1. The van der Waals surface area contributed by atoms with Gasteiger partial charge in [0.1, 0.15) is 5.58 Å². The van der Waals surface area contributed by atoms with Gasteiger partial charge >= 0.3 is 5.97 Å². The summed E-state index contributed by atoms with van der Waals surface area (Å²) < 4.78 is 37.5. The van der Waals surface area contributed by atoms with Crippen LogP contribution in [0.4, 0.5) is 0 Å². The highest BCUT2D eigenvalue weighted by molar-refractivity contribution is 7.89. The van der Waals surface area contributed by atoms with Crippen molar-refractivity contribution in [3.05, 3.63) is 64.9 Å². The van der Waals surface area contributed by atoms with E-state index in [9.17, 15) is 18.0 Å². The van der Waals surface area contributed by atoms with Crippen LogP contribution in [-0.2, 0) is 30.8 Å². The summed E-state index contributed by atoms with van der Waals surface area (Å²) in [5.41, 5.74) is 2.45. The van der Waals surface area contributed by atoms with Crippen LogP contribution in [0.3, 0.4) is 0 Å². The molecule has 1 aliphatic heterocycles. The summed E-state index contributed by atoms with van der Waals surface area (Å²) in [6.45, 7) is 2.31. The van der Waals surface area contributed by atoms with Crippen molar-refractivity contribution in [2.45, 2.75) is 18.2 Å². The number of aryl methyl sites for hydroxylation is 1. The number of ether oxygens (including phenoxy) is 1. The highest BCUT2D eigenvalue weighted by Crippen LogP contribution is 2.23. The van der Waals surface area contributed by atoms with E-state index in [2.05, 4.69) is 0 Å². The first kappa shape index (κ1) is 23.3. The SMILES string of the molecule is Cc1ccc2c(CC(=O)OCC(=O)N3CCN(S(=O)(=O)c4ccc(Cl)cc4)CC3)coc2c1. The lowest BCUT2D eigenvalue weighted by molar-refractivity contribution is -0.152. The molecule has 0 bridgehead atoms. The average Bonchev–Trinajstić information content (AvgIpc) is 3.19. The highest BCUT2D eigenvalue weighted by atomic mass is 35.5. The Kier molecular flexibility index (Phi) is 6.73. The number of carbonyl (C=O) groups excluding carboxylic acids is 2. The molecule has 0 atom stereocenters. The van der Waals surface area contributed by atoms with Crippen LogP contribution in [0.2, 0.25) is 5.02 Å². The Labute approximate surface area is 196 Å². The van der Waals surface area contributed by atoms with E-state index in [1.165, 1.54) is 39.7 Å². The molecule has 0 N–H and O–H groups in total. The van der Waals surface area contributed by atoms with E-state index in [1.54, 1.807) is 0 Å². The van der Waals surface area contributed by atoms with Crippen LogP contribution in [-0.4, -0.2) is 62.3 Å². The Balaban J connectivity index is 1.27. The molecule has 1 saturated heterocycles. The summed E-state index contributed by atoms with van der Waals surface area (Å²) in [7, 11) is -3.66. The van der Waals surface area contributed by atoms with Gasteiger partial charge in [-0.2, -0.15) is 4.31 Å². The number of sulfonamides is 1. The zero-order chi connectivity index (χ0) is 23.6. The monoisotopic (exact) mass is 490 g/mol. The van der Waals surface area contributed by atoms with Crippen LogP contribution in [0.5, 0.6) is 0 Å². The van der Waals surface area contributed by atoms with Gasteiger partial charge < -0.3 is 14.1 Å². The summed E-state index contributed by atoms with van der Waals surface area (Å²) in [6.07, 6.45) is 1.52. The Hall–Kier alpha value is -2.88. The van der Waals surface area contributed by atoms with Gasteiger partial charge in [-0.3, -0.25) is 9.59 Å². The maximum Gasteiger partial charge on any atom is 0.310 e. The van der Waals surface area contributed by atoms with Crippen molar-refractivity contribution < 1.29 is 27.2 Å². The fourth-order valence-electron chi connectivity index (χ4n) is 3.70. The van der Waals surface area contributed by atoms with E-state index in [0.717, 1.165) is 10.9 Å². The fourth-order valence-corrected chi connectivity index (χ4v) is 5.25. The minimum Gasteiger partial charge on any atom is -0.464 e. The third-order valence-electron chi connectivity index (χ3n) is 5.55. The van der Waals surface area contributed by atoms with Crippen LogP contribution in [0.25, 0.3) is 11.0 Å². The highest BCUT2D eigenvalue weighted by Gasteiger charge is 2.30. The zero-order valence-corrected chi connectivity index (χ0v) is 19.6. The number of nitrogens with zero attached hydrogens (tertiary/aromatic N) is 2. The van der Waals surface area contributed by atoms with Crippen molar-refractivity contribution in [1.29, 1.82) is 0 Å². The van der Waals surface area contributed by atoms with Crippen molar-refractivity contribution in [3.63, 3.8) is 0 Å². The summed E-state index contributed by atoms with van der Waals surface area (Å²) in [5.74, 6) is -0.893. The number of amides is 1. The van der Waals surface area contributed by atoms with Gasteiger partial charge in [-0.05, 0) is 42.8 Å². The third kappa shape index (κ3) is 5.21. The first-order chi connectivity index (χ1) is 15.7. The number of benzene rings is 2. The average molecular weight is 491 g/mol. The maximum absolute atomic E-state index is 12.8. The van der Waals surface area contributed by atoms with Gasteiger partial charge in [-0.1, -0.05) is 23.7 Å². The number of rotatable bonds is 6. The first-order valence-electron chi connectivity index (χ1n) is 10.4. The van der Waals surface area contributed by atoms with Crippen LogP contribution in [0.15, 0.2) is 58.0 Å². The molecule has 0 saturated carbocycles. The molecule has 4 rings (SSSR count). The first-order valence-corrected chi connectivity index (χ1v) is 12.2. The number of esters is 1. The molecule has 10 heteroatoms. The van der Waals surface area contributed by atoms with E-state index in [0.29, 0.717) is 16.2 Å². The smallest absolute Gasteiger partial charge is 0.310 e. The minimum absolute atomic E-state index is 0.00352. The molecule has 174 valence electrons. The molecule has 2 heterocycles. The molecule has 1 aliphatic rings. The zero-order valence-electron chi connectivity index (χ0n) is 18.0. The number of halogens is 1. The summed E-state index contributed by atoms with van der Waals surface area (Å²) in [6, 6.07) is 11.7. The number of hydrogen-bond acceptors (Lipinski definition) is 6. The molecular weight excluding hydrogens is 468 g/mol. The summed E-state index contributed by atoms with van der Waals surface area (Å²) in [4.78, 5) is 26.4. The van der Waals surface area contributed by atoms with Gasteiger partial charge in [0, 0.05) is 42.2 Å². The van der Waals surface area contributed by atoms with E-state index >= 15 is 0 Å². The third-order valence-corrected chi connectivity index (χ3v) is 7.71. The second-order valence-corrected chi connectivity index (χ2v) is 10.2. The van der Waals surface area contributed by atoms with Crippen LogP contribution < -0.4 is 0 Å². The molecule has 2 aromatic carbocycles. The second-order valence-electron chi connectivity index (χ2n) is 7.84. The topological polar surface area (TPSA) is 97.1 Å². The van der Waals surface area contributed by atoms with Crippen LogP contribution in [0.1, 0.15) is 11.1 Å². The molecule has 0 unspecified atom stereocenters. The Morgan fingerprint density at radius 1 is 1.06 bits per heavy atom. The van der Waals surface area contributed by atoms with Gasteiger partial charge in [0.25, 0.3) is 5.91 Å². The Morgan fingerprint density at radius 2 is 1.76 bits per heavy atom. The standard InChI is InChI=1S/C23H23ClN2O6S/c1-16-2-7-20-17(14-31-21(20)12-16)13-23(28)32-15-22(27)25-8-10-26(11-9-25)33(29,30)19-5-3-18(24)4-6-19/h2-7,12,14H,8-11,13,15H2,1H3. The molecule has 1 fully saturated rings. The predicted molar refractivity (Wildman–Crippen MR) is 122 cm³/mol. The Morgan fingerprint density at radius 3 is 2.45 bits per heavy atom. The van der Waals surface area contributed by atoms with Crippen molar-refractivity contribution >= 4 is 44.5 Å². The lowest BCUT2D eigenvalue weighted by atomic mass is 10.1. The minimum atomic E-state index is -3.66. The summed E-state index contributed by atoms with van der Waals surface area (Å²) >= 11 is 5.83. The number of fused-ring (bicyclic) bond motifs is 1. The molecule has 1 aromatic heterocycles. The normalized spacial score (nSPS) is 15.0. The van der Waals surface area contributed by atoms with E-state index in [4.69, 9.17) is 20.8 Å². The quantitative estimate of drug-likeness (QED) is 0.493. The van der Waals surface area contributed by atoms with Gasteiger partial charge in [0.05, 0.1) is 17.6 Å². The van der Waals surface area contributed by atoms with Gasteiger partial charge in [-0.25, -0.2) is 8.42 Å². The molecule has 8 nitrogen and oxygen atoms in total. The lowest BCUT2D eigenvalue weighted by Crippen LogP contribution is -2.51. The number of piperazine rings is 1. The van der Waals surface area contributed by atoms with E-state index < -0.39 is 22.6 Å². The molecule has 0 spiro atoms. The van der Waals surface area contributed by atoms with Gasteiger partial charge in [0.2, 0.25) is 10.0 Å². The van der Waals surface area contributed by atoms with Crippen molar-refractivity contribution in [2.75, 3.05) is 32.8 Å². The van der Waals surface area contributed by atoms with Gasteiger partial charge in [-0.15, -0.1) is 0 Å². The molecule has 1 amide bonds.